The molecule has 0 radical (unpaired) electrons. The third-order valence-corrected chi connectivity index (χ3v) is 4.77. The predicted molar refractivity (Wildman–Crippen MR) is 112 cm³/mol. The van der Waals surface area contributed by atoms with Crippen LogP contribution in [0.15, 0.2) is 17.0 Å². The largest absolute Gasteiger partial charge is 0.504 e. The summed E-state index contributed by atoms with van der Waals surface area (Å²) in [4.78, 5) is 40.8. The number of carbonyl (C=O) groups excluding carboxylic acids is 3. The summed E-state index contributed by atoms with van der Waals surface area (Å²) >= 11 is 5.78. The minimum Gasteiger partial charge on any atom is -0.504 e. The molecule has 0 fully saturated rings. The lowest BCUT2D eigenvalue weighted by Crippen LogP contribution is -2.49. The molecule has 0 saturated heterocycles. The Morgan fingerprint density at radius 2 is 1.94 bits per heavy atom. The molecule has 3 amide bonds. The lowest BCUT2D eigenvalue weighted by molar-refractivity contribution is -0.231. The van der Waals surface area contributed by atoms with Crippen molar-refractivity contribution in [3.05, 3.63) is 17.2 Å². The van der Waals surface area contributed by atoms with Crippen LogP contribution in [0.4, 0.5) is 5.69 Å². The molecule has 1 atom stereocenters. The summed E-state index contributed by atoms with van der Waals surface area (Å²) in [5.41, 5.74) is -1.13. The molecule has 0 aliphatic rings. The number of anilines is 1. The zero-order chi connectivity index (χ0) is 24.0. The average Bonchev–Trinajstić information content (AvgIpc) is 2.61. The minimum atomic E-state index is -4.79. The van der Waals surface area contributed by atoms with Crippen LogP contribution >= 0.6 is 11.6 Å². The molecule has 4 N–H and O–H groups in total. The van der Waals surface area contributed by atoms with Crippen molar-refractivity contribution < 1.29 is 37.3 Å². The van der Waals surface area contributed by atoms with Crippen molar-refractivity contribution in [3.8, 4) is 5.75 Å². The second-order valence-electron chi connectivity index (χ2n) is 7.44. The molecule has 1 aromatic carbocycles. The van der Waals surface area contributed by atoms with Crippen molar-refractivity contribution in [2.45, 2.75) is 57.1 Å². The van der Waals surface area contributed by atoms with Crippen LogP contribution in [0.1, 0.15) is 40.5 Å². The first-order chi connectivity index (χ1) is 14.2. The first-order valence-corrected chi connectivity index (χ1v) is 11.0. The summed E-state index contributed by atoms with van der Waals surface area (Å²) in [5, 5.41) is 15.5. The van der Waals surface area contributed by atoms with Crippen LogP contribution in [-0.2, 0) is 29.3 Å². The topological polar surface area (TPSA) is 162 Å². The normalized spacial score (nSPS) is 12.7. The Balaban J connectivity index is 3.02. The van der Waals surface area contributed by atoms with Gasteiger partial charge in [0.25, 0.3) is 10.1 Å². The van der Waals surface area contributed by atoms with Gasteiger partial charge in [-0.2, -0.15) is 8.42 Å². The van der Waals surface area contributed by atoms with Crippen LogP contribution in [-0.4, -0.2) is 59.6 Å². The van der Waals surface area contributed by atoms with Crippen LogP contribution in [0.3, 0.4) is 0 Å². The summed E-state index contributed by atoms with van der Waals surface area (Å²) in [6, 6.07) is 0.785. The Labute approximate surface area is 185 Å². The quantitative estimate of drug-likeness (QED) is 0.170. The Hall–Kier alpha value is -2.41. The van der Waals surface area contributed by atoms with Crippen LogP contribution in [0.25, 0.3) is 0 Å². The molecule has 0 aliphatic heterocycles. The van der Waals surface area contributed by atoms with Crippen molar-refractivity contribution in [2.75, 3.05) is 11.9 Å². The Kier molecular flexibility index (Phi) is 9.24. The molecule has 0 bridgehead atoms. The molecule has 0 spiro atoms. The number of amides is 3. The van der Waals surface area contributed by atoms with Crippen molar-refractivity contribution in [2.24, 2.45) is 0 Å². The highest BCUT2D eigenvalue weighted by atomic mass is 35.5. The maximum absolute atomic E-state index is 12.4. The number of carbonyl (C=O) groups is 3. The van der Waals surface area contributed by atoms with E-state index in [2.05, 4.69) is 10.6 Å². The molecule has 0 aliphatic carbocycles. The van der Waals surface area contributed by atoms with Gasteiger partial charge in [0.05, 0.1) is 11.3 Å². The molecule has 174 valence electrons. The molecule has 0 saturated carbocycles. The lowest BCUT2D eigenvalue weighted by Gasteiger charge is -2.32. The molecule has 1 rings (SSSR count). The number of nitrogens with zero attached hydrogens (tertiary/aromatic N) is 1. The summed E-state index contributed by atoms with van der Waals surface area (Å²) in [6.07, 6.45) is -0.101. The summed E-state index contributed by atoms with van der Waals surface area (Å²) < 4.78 is 31.9. The molecule has 11 nitrogen and oxygen atoms in total. The van der Waals surface area contributed by atoms with E-state index in [0.29, 0.717) is 13.0 Å². The highest BCUT2D eigenvalue weighted by Crippen LogP contribution is 2.34. The van der Waals surface area contributed by atoms with Crippen LogP contribution in [0.2, 0.25) is 5.02 Å². The SMILES string of the molecule is CCNC(=O)[C@H](CCC(=O)Nc1cc(Cl)cc(S(=O)(=O)O)c1O)N(C=O)OC(C)(C)C. The third-order valence-electron chi connectivity index (χ3n) is 3.68. The van der Waals surface area contributed by atoms with Gasteiger partial charge in [0.2, 0.25) is 18.2 Å². The van der Waals surface area contributed by atoms with Crippen molar-refractivity contribution in [3.63, 3.8) is 0 Å². The molecule has 0 aromatic heterocycles. The van der Waals surface area contributed by atoms with Gasteiger partial charge in [0.15, 0.2) is 5.75 Å². The second kappa shape index (κ2) is 10.8. The van der Waals surface area contributed by atoms with Gasteiger partial charge in [0.1, 0.15) is 10.9 Å². The Morgan fingerprint density at radius 3 is 2.42 bits per heavy atom. The monoisotopic (exact) mass is 479 g/mol. The van der Waals surface area contributed by atoms with E-state index in [0.717, 1.165) is 17.2 Å². The first kappa shape index (κ1) is 26.6. The minimum absolute atomic E-state index is 0.140. The van der Waals surface area contributed by atoms with E-state index in [4.69, 9.17) is 21.0 Å². The highest BCUT2D eigenvalue weighted by molar-refractivity contribution is 7.86. The second-order valence-corrected chi connectivity index (χ2v) is 9.27. The molecule has 1 aromatic rings. The van der Waals surface area contributed by atoms with Crippen LogP contribution in [0.5, 0.6) is 5.75 Å². The maximum atomic E-state index is 12.4. The van der Waals surface area contributed by atoms with E-state index < -0.39 is 44.2 Å². The van der Waals surface area contributed by atoms with E-state index >= 15 is 0 Å². The fourth-order valence-electron chi connectivity index (χ4n) is 2.49. The zero-order valence-corrected chi connectivity index (χ0v) is 19.1. The van der Waals surface area contributed by atoms with Gasteiger partial charge < -0.3 is 15.7 Å². The van der Waals surface area contributed by atoms with E-state index in [1.54, 1.807) is 27.7 Å². The number of halogens is 1. The van der Waals surface area contributed by atoms with Gasteiger partial charge in [0, 0.05) is 18.0 Å². The number of aromatic hydroxyl groups is 1. The van der Waals surface area contributed by atoms with Gasteiger partial charge in [-0.1, -0.05) is 11.6 Å². The molecule has 0 unspecified atom stereocenters. The van der Waals surface area contributed by atoms with Crippen molar-refractivity contribution >= 4 is 45.6 Å². The third kappa shape index (κ3) is 8.32. The number of hydrogen-bond acceptors (Lipinski definition) is 7. The van der Waals surface area contributed by atoms with Gasteiger partial charge in [-0.3, -0.25) is 23.8 Å². The lowest BCUT2D eigenvalue weighted by atomic mass is 10.1. The predicted octanol–water partition coefficient (Wildman–Crippen LogP) is 1.70. The van der Waals surface area contributed by atoms with E-state index in [1.165, 1.54) is 0 Å². The van der Waals surface area contributed by atoms with E-state index in [-0.39, 0.29) is 23.6 Å². The Morgan fingerprint density at radius 1 is 1.32 bits per heavy atom. The van der Waals surface area contributed by atoms with Crippen LogP contribution < -0.4 is 10.6 Å². The van der Waals surface area contributed by atoms with Crippen molar-refractivity contribution in [1.29, 1.82) is 0 Å². The molecule has 0 heterocycles. The number of phenolic OH excluding ortho intramolecular Hbond substituents is 1. The van der Waals surface area contributed by atoms with Gasteiger partial charge in [-0.15, -0.1) is 0 Å². The highest BCUT2D eigenvalue weighted by Gasteiger charge is 2.30. The summed E-state index contributed by atoms with van der Waals surface area (Å²) in [7, 11) is -4.79. The average molecular weight is 480 g/mol. The number of rotatable bonds is 10. The molecular weight excluding hydrogens is 454 g/mol. The number of phenols is 1. The van der Waals surface area contributed by atoms with E-state index in [1.807, 2.05) is 0 Å². The number of hydroxylamine groups is 2. The fraction of sp³-hybridized carbons (Fsp3) is 0.500. The van der Waals surface area contributed by atoms with Gasteiger partial charge >= 0.3 is 0 Å². The Bertz CT molecular complexity index is 930. The first-order valence-electron chi connectivity index (χ1n) is 9.20. The molecular formula is C18H26ClN3O8S. The zero-order valence-electron chi connectivity index (χ0n) is 17.5. The molecule has 31 heavy (non-hydrogen) atoms. The van der Waals surface area contributed by atoms with Gasteiger partial charge in [-0.25, -0.2) is 5.06 Å². The number of benzene rings is 1. The molecule has 13 heteroatoms. The summed E-state index contributed by atoms with van der Waals surface area (Å²) in [6.45, 7) is 7.02. The number of nitrogens with one attached hydrogen (secondary N) is 2. The standard InChI is InChI=1S/C18H26ClN3O8S/c1-5-20-17(26)13(22(10-23)30-18(2,3)4)6-7-15(24)21-12-8-11(19)9-14(16(12)25)31(27,28)29/h8-10,13,25H,5-7H2,1-4H3,(H,20,26)(H,21,24)(H,27,28,29)/t13-/m0/s1. The van der Waals surface area contributed by atoms with E-state index in [9.17, 15) is 27.9 Å². The van der Waals surface area contributed by atoms with Crippen LogP contribution in [0, 0.1) is 0 Å². The maximum Gasteiger partial charge on any atom is 0.298 e. The smallest absolute Gasteiger partial charge is 0.298 e. The van der Waals surface area contributed by atoms with Crippen molar-refractivity contribution in [1.82, 2.24) is 10.4 Å². The fourth-order valence-corrected chi connectivity index (χ4v) is 3.40. The number of likely N-dealkylation sites (N-methyl/N-ethyl adjacent to an activating group) is 1. The van der Waals surface area contributed by atoms with Gasteiger partial charge in [-0.05, 0) is 46.2 Å². The summed E-state index contributed by atoms with van der Waals surface area (Å²) in [5.74, 6) is -2.15. The number of hydrogen-bond donors (Lipinski definition) is 4.